The van der Waals surface area contributed by atoms with Crippen molar-refractivity contribution in [3.63, 3.8) is 0 Å². The number of terminal acetylenes is 1. The molecule has 16 heavy (non-hydrogen) atoms. The van der Waals surface area contributed by atoms with Gasteiger partial charge in [-0.25, -0.2) is 8.42 Å². The Bertz CT molecular complexity index is 517. The van der Waals surface area contributed by atoms with Gasteiger partial charge in [-0.15, -0.1) is 12.3 Å². The van der Waals surface area contributed by atoms with Crippen LogP contribution in [0.25, 0.3) is 0 Å². The molecule has 0 bridgehead atoms. The Morgan fingerprint density at radius 1 is 1.44 bits per heavy atom. The first-order chi connectivity index (χ1) is 7.45. The molecule has 1 rings (SSSR count). The summed E-state index contributed by atoms with van der Waals surface area (Å²) in [7, 11) is 1.36. The highest BCUT2D eigenvalue weighted by molar-refractivity contribution is 8.13. The second kappa shape index (κ2) is 5.44. The summed E-state index contributed by atoms with van der Waals surface area (Å²) in [5.41, 5.74) is 0. The summed E-state index contributed by atoms with van der Waals surface area (Å²) in [6.07, 6.45) is 5.42. The Hall–Kier alpha value is -0.890. The third-order valence-electron chi connectivity index (χ3n) is 1.67. The number of rotatable bonds is 4. The number of hydrogen-bond acceptors (Lipinski definition) is 3. The van der Waals surface area contributed by atoms with Crippen LogP contribution < -0.4 is 4.74 Å². The Morgan fingerprint density at radius 2 is 2.12 bits per heavy atom. The first-order valence-corrected chi connectivity index (χ1v) is 6.94. The highest BCUT2D eigenvalue weighted by Crippen LogP contribution is 2.29. The zero-order valence-electron chi connectivity index (χ0n) is 8.11. The van der Waals surface area contributed by atoms with Crippen LogP contribution in [0, 0.1) is 12.3 Å². The van der Waals surface area contributed by atoms with Crippen LogP contribution >= 0.6 is 22.3 Å². The average Bonchev–Trinajstić information content (AvgIpc) is 2.19. The molecule has 3 nitrogen and oxygen atoms in total. The predicted molar refractivity (Wildman–Crippen MR) is 63.4 cm³/mol. The fraction of sp³-hybridized carbons (Fsp3) is 0.200. The lowest BCUT2D eigenvalue weighted by Gasteiger charge is -2.08. The summed E-state index contributed by atoms with van der Waals surface area (Å²) in [6, 6.07) is 4.18. The minimum atomic E-state index is -3.88. The summed E-state index contributed by atoms with van der Waals surface area (Å²) in [6.45, 7) is 0.220. The van der Waals surface area contributed by atoms with Crippen LogP contribution in [-0.4, -0.2) is 15.0 Å². The number of hydrogen-bond donors (Lipinski definition) is 0. The molecule has 0 heterocycles. The first-order valence-electron chi connectivity index (χ1n) is 4.25. The molecule has 0 aliphatic carbocycles. The summed E-state index contributed by atoms with van der Waals surface area (Å²) >= 11 is 5.67. The highest BCUT2D eigenvalue weighted by atomic mass is 35.7. The van der Waals surface area contributed by atoms with Crippen molar-refractivity contribution in [3.05, 3.63) is 23.2 Å². The van der Waals surface area contributed by atoms with E-state index in [-0.39, 0.29) is 22.3 Å². The van der Waals surface area contributed by atoms with Gasteiger partial charge in [0.1, 0.15) is 10.6 Å². The Balaban J connectivity index is 3.05. The van der Waals surface area contributed by atoms with E-state index in [1.807, 2.05) is 0 Å². The van der Waals surface area contributed by atoms with E-state index in [1.54, 1.807) is 0 Å². The van der Waals surface area contributed by atoms with Crippen molar-refractivity contribution in [2.24, 2.45) is 0 Å². The molecular formula is C10H8Cl2O3S. The van der Waals surface area contributed by atoms with Crippen molar-refractivity contribution in [2.75, 3.05) is 6.61 Å². The lowest BCUT2D eigenvalue weighted by Crippen LogP contribution is -2.01. The fourth-order valence-corrected chi connectivity index (χ4v) is 2.25. The standard InChI is InChI=1S/C10H8Cl2O3S/c1-2-3-6-15-9-5-4-8(11)7-10(9)16(12,13)14/h1,4-5,7H,3,6H2. The molecule has 0 fully saturated rings. The summed E-state index contributed by atoms with van der Waals surface area (Å²) < 4.78 is 27.6. The zero-order chi connectivity index (χ0) is 12.2. The van der Waals surface area contributed by atoms with Crippen molar-refractivity contribution in [2.45, 2.75) is 11.3 Å². The van der Waals surface area contributed by atoms with E-state index in [4.69, 9.17) is 33.4 Å². The van der Waals surface area contributed by atoms with E-state index in [2.05, 4.69) is 5.92 Å². The highest BCUT2D eigenvalue weighted by Gasteiger charge is 2.17. The lowest BCUT2D eigenvalue weighted by atomic mass is 10.3. The predicted octanol–water partition coefficient (Wildman–Crippen LogP) is 2.67. The molecule has 0 aliphatic heterocycles. The third kappa shape index (κ3) is 3.60. The van der Waals surface area contributed by atoms with E-state index >= 15 is 0 Å². The van der Waals surface area contributed by atoms with Gasteiger partial charge in [0.15, 0.2) is 0 Å². The van der Waals surface area contributed by atoms with Gasteiger partial charge in [0.05, 0.1) is 6.61 Å². The number of halogens is 2. The van der Waals surface area contributed by atoms with Gasteiger partial charge >= 0.3 is 0 Å². The molecule has 0 aromatic heterocycles. The molecule has 0 N–H and O–H groups in total. The van der Waals surface area contributed by atoms with Crippen molar-refractivity contribution in [1.82, 2.24) is 0 Å². The summed E-state index contributed by atoms with van der Waals surface area (Å²) in [5, 5.41) is 0.267. The lowest BCUT2D eigenvalue weighted by molar-refractivity contribution is 0.319. The van der Waals surface area contributed by atoms with Gasteiger partial charge in [-0.1, -0.05) is 11.6 Å². The van der Waals surface area contributed by atoms with E-state index in [9.17, 15) is 8.42 Å². The first kappa shape index (κ1) is 13.2. The van der Waals surface area contributed by atoms with Crippen molar-refractivity contribution >= 4 is 31.3 Å². The number of benzene rings is 1. The van der Waals surface area contributed by atoms with Crippen LogP contribution in [0.3, 0.4) is 0 Å². The molecule has 1 aromatic carbocycles. The van der Waals surface area contributed by atoms with E-state index in [1.165, 1.54) is 18.2 Å². The molecule has 0 unspecified atom stereocenters. The maximum Gasteiger partial charge on any atom is 0.265 e. The molecule has 0 saturated heterocycles. The minimum absolute atomic E-state index is 0.148. The number of ether oxygens (including phenoxy) is 1. The molecule has 0 radical (unpaired) electrons. The molecule has 0 aliphatic rings. The van der Waals surface area contributed by atoms with Crippen LogP contribution in [0.5, 0.6) is 5.75 Å². The van der Waals surface area contributed by atoms with Crippen LogP contribution in [0.15, 0.2) is 23.1 Å². The van der Waals surface area contributed by atoms with Crippen molar-refractivity contribution in [1.29, 1.82) is 0 Å². The third-order valence-corrected chi connectivity index (χ3v) is 3.25. The molecule has 0 amide bonds. The second-order valence-corrected chi connectivity index (χ2v) is 5.80. The smallest absolute Gasteiger partial charge is 0.265 e. The second-order valence-electron chi connectivity index (χ2n) is 2.83. The van der Waals surface area contributed by atoms with Gasteiger partial charge in [0, 0.05) is 22.1 Å². The molecule has 6 heteroatoms. The molecule has 0 saturated carbocycles. The molecule has 0 atom stereocenters. The van der Waals surface area contributed by atoms with Crippen molar-refractivity contribution in [3.8, 4) is 18.1 Å². The quantitative estimate of drug-likeness (QED) is 0.483. The summed E-state index contributed by atoms with van der Waals surface area (Å²) in [5.74, 6) is 2.52. The van der Waals surface area contributed by atoms with Gasteiger partial charge in [-0.05, 0) is 18.2 Å². The van der Waals surface area contributed by atoms with Gasteiger partial charge < -0.3 is 4.74 Å². The van der Waals surface area contributed by atoms with Gasteiger partial charge in [0.2, 0.25) is 0 Å². The van der Waals surface area contributed by atoms with E-state index in [0.29, 0.717) is 6.42 Å². The average molecular weight is 279 g/mol. The Morgan fingerprint density at radius 3 is 2.69 bits per heavy atom. The zero-order valence-corrected chi connectivity index (χ0v) is 10.4. The van der Waals surface area contributed by atoms with Crippen LogP contribution in [0.2, 0.25) is 5.02 Å². The fourth-order valence-electron chi connectivity index (χ4n) is 1.01. The van der Waals surface area contributed by atoms with Crippen LogP contribution in [-0.2, 0) is 9.05 Å². The normalized spacial score (nSPS) is 10.8. The maximum atomic E-state index is 11.2. The molecular weight excluding hydrogens is 271 g/mol. The Kier molecular flexibility index (Phi) is 4.48. The van der Waals surface area contributed by atoms with Gasteiger partial charge in [0.25, 0.3) is 9.05 Å². The van der Waals surface area contributed by atoms with Gasteiger partial charge in [-0.3, -0.25) is 0 Å². The van der Waals surface area contributed by atoms with Crippen LogP contribution in [0.4, 0.5) is 0 Å². The monoisotopic (exact) mass is 278 g/mol. The molecule has 86 valence electrons. The van der Waals surface area contributed by atoms with Gasteiger partial charge in [-0.2, -0.15) is 0 Å². The van der Waals surface area contributed by atoms with Crippen LogP contribution in [0.1, 0.15) is 6.42 Å². The Labute approximate surface area is 104 Å². The van der Waals surface area contributed by atoms with E-state index in [0.717, 1.165) is 0 Å². The topological polar surface area (TPSA) is 43.4 Å². The maximum absolute atomic E-state index is 11.2. The molecule has 0 spiro atoms. The minimum Gasteiger partial charge on any atom is -0.491 e. The van der Waals surface area contributed by atoms with E-state index < -0.39 is 9.05 Å². The molecule has 1 aromatic rings. The SMILES string of the molecule is C#CCCOc1ccc(Cl)cc1S(=O)(=O)Cl. The summed E-state index contributed by atoms with van der Waals surface area (Å²) in [4.78, 5) is -0.154. The largest absolute Gasteiger partial charge is 0.491 e. The van der Waals surface area contributed by atoms with Crippen molar-refractivity contribution < 1.29 is 13.2 Å².